The third kappa shape index (κ3) is 4.88. The fourth-order valence-corrected chi connectivity index (χ4v) is 5.06. The molecular weight excluding hydrogens is 470 g/mol. The lowest BCUT2D eigenvalue weighted by molar-refractivity contribution is 0.0207. The van der Waals surface area contributed by atoms with E-state index < -0.39 is 0 Å². The maximum Gasteiger partial charge on any atom is 0.410 e. The predicted molar refractivity (Wildman–Crippen MR) is 130 cm³/mol. The highest BCUT2D eigenvalue weighted by Crippen LogP contribution is 2.38. The van der Waals surface area contributed by atoms with Crippen LogP contribution in [-0.2, 0) is 4.74 Å². The highest BCUT2D eigenvalue weighted by atomic mass is 35.5. The Morgan fingerprint density at radius 1 is 1.17 bits per heavy atom. The summed E-state index contributed by atoms with van der Waals surface area (Å²) >= 11 is 6.51. The van der Waals surface area contributed by atoms with Gasteiger partial charge in [0.2, 0.25) is 5.88 Å². The van der Waals surface area contributed by atoms with Crippen LogP contribution in [0.5, 0.6) is 5.88 Å². The third-order valence-corrected chi connectivity index (χ3v) is 6.76. The van der Waals surface area contributed by atoms with E-state index in [1.807, 2.05) is 37.8 Å². The van der Waals surface area contributed by atoms with Gasteiger partial charge in [0, 0.05) is 24.9 Å². The van der Waals surface area contributed by atoms with Gasteiger partial charge in [-0.05, 0) is 51.8 Å². The molecule has 35 heavy (non-hydrogen) atoms. The van der Waals surface area contributed by atoms with Crippen LogP contribution in [0, 0.1) is 6.92 Å². The van der Waals surface area contributed by atoms with E-state index in [9.17, 15) is 4.79 Å². The molecule has 4 heterocycles. The number of carbonyl (C=O) groups is 1. The Morgan fingerprint density at radius 2 is 1.94 bits per heavy atom. The number of ether oxygens (including phenoxy) is 2. The topological polar surface area (TPSA) is 107 Å². The quantitative estimate of drug-likeness (QED) is 0.523. The Balaban J connectivity index is 1.27. The minimum atomic E-state index is -0.220. The molecule has 3 aromatic rings. The second kappa shape index (κ2) is 9.69. The fourth-order valence-electron chi connectivity index (χ4n) is 4.84. The number of hydrogen-bond donors (Lipinski definition) is 1. The number of nitrogens with zero attached hydrogens (tertiary/aromatic N) is 6. The van der Waals surface area contributed by atoms with E-state index >= 15 is 0 Å². The predicted octanol–water partition coefficient (Wildman–Crippen LogP) is 4.68. The highest BCUT2D eigenvalue weighted by molar-refractivity contribution is 6.33. The van der Waals surface area contributed by atoms with Crippen LogP contribution in [0.4, 0.5) is 16.3 Å². The number of benzene rings is 1. The first kappa shape index (κ1) is 23.3. The number of piperidine rings is 1. The minimum absolute atomic E-state index is 0.0254. The molecule has 11 heteroatoms. The van der Waals surface area contributed by atoms with E-state index in [4.69, 9.17) is 21.1 Å². The molecule has 10 nitrogen and oxygen atoms in total. The Bertz CT molecular complexity index is 1190. The molecule has 1 amide bonds. The summed E-state index contributed by atoms with van der Waals surface area (Å²) < 4.78 is 13.4. The smallest absolute Gasteiger partial charge is 0.410 e. The Kier molecular flexibility index (Phi) is 6.46. The summed E-state index contributed by atoms with van der Waals surface area (Å²) in [6.07, 6.45) is 7.64. The average Bonchev–Trinajstić information content (AvgIpc) is 3.44. The second-order valence-electron chi connectivity index (χ2n) is 9.22. The lowest BCUT2D eigenvalue weighted by Gasteiger charge is -2.38. The van der Waals surface area contributed by atoms with Crippen LogP contribution < -0.4 is 10.1 Å². The normalized spacial score (nSPS) is 21.3. The number of rotatable bonds is 6. The van der Waals surface area contributed by atoms with Gasteiger partial charge in [0.25, 0.3) is 0 Å². The van der Waals surface area contributed by atoms with Crippen molar-refractivity contribution < 1.29 is 14.3 Å². The number of amides is 1. The number of hydrogen-bond acceptors (Lipinski definition) is 8. The third-order valence-electron chi connectivity index (χ3n) is 6.44. The van der Waals surface area contributed by atoms with Gasteiger partial charge in [0.05, 0.1) is 28.1 Å². The SMILES string of the molecule is Cc1c(Nc2ccc(-n3cncn3)cc2Cl)ncnc1OC1CC2CCC(C1)N2C(=O)OC(C)C. The zero-order chi connectivity index (χ0) is 24.5. The van der Waals surface area contributed by atoms with Crippen LogP contribution in [0.2, 0.25) is 5.02 Å². The van der Waals surface area contributed by atoms with Crippen molar-refractivity contribution in [2.24, 2.45) is 0 Å². The first-order valence-electron chi connectivity index (χ1n) is 11.8. The molecule has 184 valence electrons. The molecule has 0 radical (unpaired) electrons. The van der Waals surface area contributed by atoms with Gasteiger partial charge in [-0.2, -0.15) is 5.10 Å². The Labute approximate surface area is 208 Å². The first-order chi connectivity index (χ1) is 16.9. The van der Waals surface area contributed by atoms with Crippen molar-refractivity contribution in [3.8, 4) is 11.6 Å². The molecule has 1 N–H and O–H groups in total. The molecule has 2 saturated heterocycles. The van der Waals surface area contributed by atoms with Gasteiger partial charge < -0.3 is 19.7 Å². The van der Waals surface area contributed by atoms with Crippen LogP contribution in [0.1, 0.15) is 45.1 Å². The summed E-state index contributed by atoms with van der Waals surface area (Å²) in [5.74, 6) is 1.15. The van der Waals surface area contributed by atoms with Crippen molar-refractivity contribution in [3.05, 3.63) is 47.8 Å². The number of fused-ring (bicyclic) bond motifs is 2. The molecule has 0 aliphatic carbocycles. The largest absolute Gasteiger partial charge is 0.474 e. The molecule has 0 saturated carbocycles. The van der Waals surface area contributed by atoms with Gasteiger partial charge in [0.15, 0.2) is 0 Å². The van der Waals surface area contributed by atoms with E-state index in [2.05, 4.69) is 25.4 Å². The standard InChI is InChI=1S/C24H28ClN7O3/c1-14(2)34-24(33)32-17-4-5-18(32)9-19(8-17)35-23-15(3)22(27-12-28-23)30-21-7-6-16(10-20(21)25)31-13-26-11-29-31/h6-7,10-14,17-19H,4-5,8-9H2,1-3H3,(H,27,28,30). The summed E-state index contributed by atoms with van der Waals surface area (Å²) in [6, 6.07) is 5.83. The van der Waals surface area contributed by atoms with E-state index in [1.165, 1.54) is 12.7 Å². The fraction of sp³-hybridized carbons (Fsp3) is 0.458. The van der Waals surface area contributed by atoms with Crippen LogP contribution in [0.3, 0.4) is 0 Å². The van der Waals surface area contributed by atoms with E-state index in [1.54, 1.807) is 17.1 Å². The van der Waals surface area contributed by atoms with E-state index in [0.29, 0.717) is 22.4 Å². The molecule has 2 fully saturated rings. The summed E-state index contributed by atoms with van der Waals surface area (Å²) in [7, 11) is 0. The summed E-state index contributed by atoms with van der Waals surface area (Å²) in [5, 5.41) is 7.93. The maximum absolute atomic E-state index is 12.5. The second-order valence-corrected chi connectivity index (χ2v) is 9.62. The molecule has 0 spiro atoms. The van der Waals surface area contributed by atoms with Crippen LogP contribution in [0.25, 0.3) is 5.69 Å². The summed E-state index contributed by atoms with van der Waals surface area (Å²) in [4.78, 5) is 27.2. The maximum atomic E-state index is 12.5. The van der Waals surface area contributed by atoms with Gasteiger partial charge in [0.1, 0.15) is 30.9 Å². The molecular formula is C24H28ClN7O3. The highest BCUT2D eigenvalue weighted by Gasteiger charge is 2.45. The van der Waals surface area contributed by atoms with E-state index in [0.717, 1.165) is 36.9 Å². The van der Waals surface area contributed by atoms with Crippen molar-refractivity contribution in [2.45, 2.75) is 70.7 Å². The molecule has 5 rings (SSSR count). The van der Waals surface area contributed by atoms with Crippen LogP contribution >= 0.6 is 11.6 Å². The van der Waals surface area contributed by atoms with Crippen molar-refractivity contribution in [1.29, 1.82) is 0 Å². The molecule has 2 aliphatic heterocycles. The lowest BCUT2D eigenvalue weighted by Crippen LogP contribution is -2.50. The van der Waals surface area contributed by atoms with Crippen molar-refractivity contribution >= 4 is 29.2 Å². The Hall–Kier alpha value is -3.40. The summed E-state index contributed by atoms with van der Waals surface area (Å²) in [6.45, 7) is 5.66. The van der Waals surface area contributed by atoms with E-state index in [-0.39, 0.29) is 30.4 Å². The molecule has 2 aromatic heterocycles. The van der Waals surface area contributed by atoms with Gasteiger partial charge >= 0.3 is 6.09 Å². The van der Waals surface area contributed by atoms with Crippen LogP contribution in [0.15, 0.2) is 37.2 Å². The van der Waals surface area contributed by atoms with Crippen molar-refractivity contribution in [3.63, 3.8) is 0 Å². The lowest BCUT2D eigenvalue weighted by atomic mass is 10.0. The molecule has 2 bridgehead atoms. The van der Waals surface area contributed by atoms with Gasteiger partial charge in [-0.3, -0.25) is 0 Å². The number of carbonyl (C=O) groups excluding carboxylic acids is 1. The molecule has 2 aliphatic rings. The molecule has 1 aromatic carbocycles. The number of halogens is 1. The summed E-state index contributed by atoms with van der Waals surface area (Å²) in [5.41, 5.74) is 2.30. The van der Waals surface area contributed by atoms with Crippen molar-refractivity contribution in [1.82, 2.24) is 29.6 Å². The first-order valence-corrected chi connectivity index (χ1v) is 12.2. The Morgan fingerprint density at radius 3 is 2.60 bits per heavy atom. The number of anilines is 2. The molecule has 2 atom stereocenters. The molecule has 2 unspecified atom stereocenters. The monoisotopic (exact) mass is 497 g/mol. The van der Waals surface area contributed by atoms with Gasteiger partial charge in [-0.1, -0.05) is 11.6 Å². The van der Waals surface area contributed by atoms with Gasteiger partial charge in [-0.15, -0.1) is 0 Å². The minimum Gasteiger partial charge on any atom is -0.474 e. The van der Waals surface area contributed by atoms with Crippen molar-refractivity contribution in [2.75, 3.05) is 5.32 Å². The average molecular weight is 498 g/mol. The number of nitrogens with one attached hydrogen (secondary N) is 1. The van der Waals surface area contributed by atoms with Gasteiger partial charge in [-0.25, -0.2) is 24.4 Å². The zero-order valence-electron chi connectivity index (χ0n) is 19.9. The van der Waals surface area contributed by atoms with Crippen LogP contribution in [-0.4, -0.2) is 60.0 Å². The zero-order valence-corrected chi connectivity index (χ0v) is 20.6. The number of aromatic nitrogens is 5.